The topological polar surface area (TPSA) is 45.1 Å². The lowest BCUT2D eigenvalue weighted by molar-refractivity contribution is 0.221. The standard InChI is InChI=1S/C15H21N3/c16-9-12-4-5-15-14(8-12)13(10-17-15)11-18-6-2-1-3-7-18/h4-5,8,10,17H,1-3,6-7,9,11,16H2. The fourth-order valence-corrected chi connectivity index (χ4v) is 2.84. The number of aromatic amines is 1. The average molecular weight is 243 g/mol. The number of rotatable bonds is 3. The third-order valence-electron chi connectivity index (χ3n) is 3.91. The number of nitrogens with two attached hydrogens (primary N) is 1. The number of benzene rings is 1. The minimum absolute atomic E-state index is 0.615. The number of hydrogen-bond donors (Lipinski definition) is 2. The Hall–Kier alpha value is -1.32. The van der Waals surface area contributed by atoms with Gasteiger partial charge in [-0.15, -0.1) is 0 Å². The molecule has 0 amide bonds. The summed E-state index contributed by atoms with van der Waals surface area (Å²) in [7, 11) is 0. The summed E-state index contributed by atoms with van der Waals surface area (Å²) in [6.07, 6.45) is 6.23. The molecule has 0 radical (unpaired) electrons. The molecule has 96 valence electrons. The summed E-state index contributed by atoms with van der Waals surface area (Å²) < 4.78 is 0. The molecular formula is C15H21N3. The van der Waals surface area contributed by atoms with E-state index in [1.54, 1.807) is 0 Å². The van der Waals surface area contributed by atoms with Crippen molar-refractivity contribution in [1.82, 2.24) is 9.88 Å². The first-order valence-electron chi connectivity index (χ1n) is 6.88. The summed E-state index contributed by atoms with van der Waals surface area (Å²) >= 11 is 0. The lowest BCUT2D eigenvalue weighted by Crippen LogP contribution is -2.28. The highest BCUT2D eigenvalue weighted by atomic mass is 15.1. The number of hydrogen-bond acceptors (Lipinski definition) is 2. The summed E-state index contributed by atoms with van der Waals surface area (Å²) in [5.41, 5.74) is 9.56. The van der Waals surface area contributed by atoms with Gasteiger partial charge in [-0.2, -0.15) is 0 Å². The van der Waals surface area contributed by atoms with Gasteiger partial charge in [-0.05, 0) is 49.2 Å². The third kappa shape index (κ3) is 2.28. The highest BCUT2D eigenvalue weighted by Gasteiger charge is 2.12. The van der Waals surface area contributed by atoms with E-state index in [-0.39, 0.29) is 0 Å². The molecule has 0 unspecified atom stereocenters. The quantitative estimate of drug-likeness (QED) is 0.870. The zero-order chi connectivity index (χ0) is 12.4. The van der Waals surface area contributed by atoms with Crippen molar-refractivity contribution in [2.45, 2.75) is 32.4 Å². The lowest BCUT2D eigenvalue weighted by atomic mass is 10.1. The van der Waals surface area contributed by atoms with Crippen LogP contribution in [-0.2, 0) is 13.1 Å². The van der Waals surface area contributed by atoms with E-state index in [1.165, 1.54) is 54.4 Å². The molecule has 0 bridgehead atoms. The molecule has 0 atom stereocenters. The Morgan fingerprint density at radius 1 is 1.17 bits per heavy atom. The maximum atomic E-state index is 5.72. The number of H-pyrrole nitrogens is 1. The molecule has 1 saturated heterocycles. The Balaban J connectivity index is 1.86. The smallest absolute Gasteiger partial charge is 0.0457 e. The molecule has 1 aromatic carbocycles. The molecule has 18 heavy (non-hydrogen) atoms. The summed E-state index contributed by atoms with van der Waals surface area (Å²) in [5, 5.41) is 1.34. The van der Waals surface area contributed by atoms with Crippen LogP contribution in [0.1, 0.15) is 30.4 Å². The van der Waals surface area contributed by atoms with Gasteiger partial charge in [0.1, 0.15) is 0 Å². The monoisotopic (exact) mass is 243 g/mol. The van der Waals surface area contributed by atoms with Crippen molar-refractivity contribution in [2.24, 2.45) is 5.73 Å². The van der Waals surface area contributed by atoms with Crippen molar-refractivity contribution in [3.8, 4) is 0 Å². The molecule has 3 rings (SSSR count). The van der Waals surface area contributed by atoms with E-state index in [0.29, 0.717) is 6.54 Å². The summed E-state index contributed by atoms with van der Waals surface area (Å²) in [6, 6.07) is 6.46. The Kier molecular flexibility index (Phi) is 3.35. The van der Waals surface area contributed by atoms with Crippen molar-refractivity contribution in [2.75, 3.05) is 13.1 Å². The van der Waals surface area contributed by atoms with Crippen LogP contribution >= 0.6 is 0 Å². The lowest BCUT2D eigenvalue weighted by Gasteiger charge is -2.26. The largest absolute Gasteiger partial charge is 0.361 e. The third-order valence-corrected chi connectivity index (χ3v) is 3.91. The minimum atomic E-state index is 0.615. The maximum Gasteiger partial charge on any atom is 0.0457 e. The molecule has 0 saturated carbocycles. The van der Waals surface area contributed by atoms with Gasteiger partial charge in [-0.25, -0.2) is 0 Å². The van der Waals surface area contributed by atoms with Gasteiger partial charge < -0.3 is 10.7 Å². The van der Waals surface area contributed by atoms with Gasteiger partial charge in [0.05, 0.1) is 0 Å². The van der Waals surface area contributed by atoms with E-state index in [9.17, 15) is 0 Å². The highest BCUT2D eigenvalue weighted by Crippen LogP contribution is 2.22. The van der Waals surface area contributed by atoms with Crippen molar-refractivity contribution in [1.29, 1.82) is 0 Å². The molecule has 3 heteroatoms. The zero-order valence-corrected chi connectivity index (χ0v) is 10.8. The minimum Gasteiger partial charge on any atom is -0.361 e. The predicted octanol–water partition coefficient (Wildman–Crippen LogP) is 2.61. The molecule has 1 fully saturated rings. The summed E-state index contributed by atoms with van der Waals surface area (Å²) in [5.74, 6) is 0. The molecule has 2 heterocycles. The molecule has 3 nitrogen and oxygen atoms in total. The Bertz CT molecular complexity index is 524. The number of nitrogens with one attached hydrogen (secondary N) is 1. The Morgan fingerprint density at radius 3 is 2.78 bits per heavy atom. The Morgan fingerprint density at radius 2 is 2.00 bits per heavy atom. The summed E-state index contributed by atoms with van der Waals surface area (Å²) in [4.78, 5) is 5.92. The van der Waals surface area contributed by atoms with E-state index in [1.807, 2.05) is 0 Å². The summed E-state index contributed by atoms with van der Waals surface area (Å²) in [6.45, 7) is 4.16. The van der Waals surface area contributed by atoms with Crippen molar-refractivity contribution in [3.63, 3.8) is 0 Å². The van der Waals surface area contributed by atoms with E-state index in [4.69, 9.17) is 5.73 Å². The van der Waals surface area contributed by atoms with Crippen LogP contribution in [0.2, 0.25) is 0 Å². The predicted molar refractivity (Wildman–Crippen MR) is 75.3 cm³/mol. The van der Waals surface area contributed by atoms with Gasteiger partial charge in [-0.3, -0.25) is 4.90 Å². The zero-order valence-electron chi connectivity index (χ0n) is 10.8. The first-order chi connectivity index (χ1) is 8.86. The molecule has 1 aliphatic rings. The van der Waals surface area contributed by atoms with Crippen molar-refractivity contribution < 1.29 is 0 Å². The molecule has 1 aliphatic heterocycles. The van der Waals surface area contributed by atoms with Crippen LogP contribution in [0, 0.1) is 0 Å². The molecule has 2 aromatic rings. The van der Waals surface area contributed by atoms with Crippen LogP contribution in [0.4, 0.5) is 0 Å². The fraction of sp³-hybridized carbons (Fsp3) is 0.467. The number of aromatic nitrogens is 1. The van der Waals surface area contributed by atoms with Crippen molar-refractivity contribution >= 4 is 10.9 Å². The van der Waals surface area contributed by atoms with Crippen LogP contribution in [-0.4, -0.2) is 23.0 Å². The van der Waals surface area contributed by atoms with E-state index in [2.05, 4.69) is 34.3 Å². The number of likely N-dealkylation sites (tertiary alicyclic amines) is 1. The first-order valence-corrected chi connectivity index (χ1v) is 6.88. The van der Waals surface area contributed by atoms with Gasteiger partial charge >= 0.3 is 0 Å². The molecular weight excluding hydrogens is 222 g/mol. The second-order valence-corrected chi connectivity index (χ2v) is 5.23. The van der Waals surface area contributed by atoms with Crippen LogP contribution in [0.15, 0.2) is 24.4 Å². The Labute approximate surface area is 108 Å². The molecule has 1 aromatic heterocycles. The fourth-order valence-electron chi connectivity index (χ4n) is 2.84. The second kappa shape index (κ2) is 5.12. The highest BCUT2D eigenvalue weighted by molar-refractivity contribution is 5.83. The van der Waals surface area contributed by atoms with Gasteiger partial charge in [0, 0.05) is 30.2 Å². The second-order valence-electron chi connectivity index (χ2n) is 5.23. The van der Waals surface area contributed by atoms with E-state index < -0.39 is 0 Å². The van der Waals surface area contributed by atoms with Crippen LogP contribution in [0.3, 0.4) is 0 Å². The number of piperidine rings is 1. The van der Waals surface area contributed by atoms with Crippen LogP contribution < -0.4 is 5.73 Å². The molecule has 0 spiro atoms. The average Bonchev–Trinajstić information content (AvgIpc) is 2.82. The van der Waals surface area contributed by atoms with Gasteiger partial charge in [-0.1, -0.05) is 12.5 Å². The van der Waals surface area contributed by atoms with Gasteiger partial charge in [0.25, 0.3) is 0 Å². The first kappa shape index (κ1) is 11.8. The number of nitrogens with zero attached hydrogens (tertiary/aromatic N) is 1. The van der Waals surface area contributed by atoms with Crippen LogP contribution in [0.5, 0.6) is 0 Å². The molecule has 3 N–H and O–H groups in total. The molecule has 0 aliphatic carbocycles. The van der Waals surface area contributed by atoms with Crippen LogP contribution in [0.25, 0.3) is 10.9 Å². The van der Waals surface area contributed by atoms with Gasteiger partial charge in [0.15, 0.2) is 0 Å². The van der Waals surface area contributed by atoms with E-state index >= 15 is 0 Å². The van der Waals surface area contributed by atoms with Gasteiger partial charge in [0.2, 0.25) is 0 Å². The SMILES string of the molecule is NCc1ccc2[nH]cc(CN3CCCCC3)c2c1. The normalized spacial score (nSPS) is 17.4. The number of fused-ring (bicyclic) bond motifs is 1. The maximum absolute atomic E-state index is 5.72. The van der Waals surface area contributed by atoms with E-state index in [0.717, 1.165) is 6.54 Å². The van der Waals surface area contributed by atoms with Crippen molar-refractivity contribution in [3.05, 3.63) is 35.5 Å².